The Morgan fingerprint density at radius 3 is 2.54 bits per heavy atom. The first kappa shape index (κ1) is 9.82. The topological polar surface area (TPSA) is 38.1 Å². The lowest BCUT2D eigenvalue weighted by molar-refractivity contribution is -0.139. The van der Waals surface area contributed by atoms with Crippen molar-refractivity contribution in [1.82, 2.24) is 9.78 Å². The number of aromatic hydroxyl groups is 1. The zero-order valence-electron chi connectivity index (χ0n) is 6.29. The Morgan fingerprint density at radius 2 is 2.15 bits per heavy atom. The summed E-state index contributed by atoms with van der Waals surface area (Å²) in [6.45, 7) is -1.24. The van der Waals surface area contributed by atoms with Gasteiger partial charge in [-0.1, -0.05) is 0 Å². The smallest absolute Gasteiger partial charge is 0.326 e. The van der Waals surface area contributed by atoms with Crippen LogP contribution in [0.5, 0.6) is 5.75 Å². The van der Waals surface area contributed by atoms with E-state index < -0.39 is 18.9 Å². The molecular formula is C6H6F4N2O. The summed E-state index contributed by atoms with van der Waals surface area (Å²) in [5.41, 5.74) is 0. The van der Waals surface area contributed by atoms with E-state index in [1.165, 1.54) is 0 Å². The van der Waals surface area contributed by atoms with Gasteiger partial charge >= 0.3 is 12.3 Å². The minimum absolute atomic E-state index is 0.343. The summed E-state index contributed by atoms with van der Waals surface area (Å²) in [4.78, 5) is 0. The van der Waals surface area contributed by atoms with Crippen molar-refractivity contribution >= 4 is 0 Å². The molecule has 0 bridgehead atoms. The quantitative estimate of drug-likeness (QED) is 0.747. The maximum Gasteiger partial charge on any atom is 0.326 e. The van der Waals surface area contributed by atoms with Gasteiger partial charge in [-0.2, -0.15) is 13.9 Å². The summed E-state index contributed by atoms with van der Waals surface area (Å²) in [6.07, 6.45) is -2.00. The minimum atomic E-state index is -4.13. The molecule has 1 rings (SSSR count). The molecule has 0 spiro atoms. The van der Waals surface area contributed by atoms with E-state index in [0.717, 1.165) is 12.4 Å². The molecule has 0 aliphatic rings. The second-order valence-corrected chi connectivity index (χ2v) is 2.46. The maximum absolute atomic E-state index is 12.3. The van der Waals surface area contributed by atoms with Gasteiger partial charge in [-0.3, -0.25) is 4.68 Å². The van der Waals surface area contributed by atoms with Crippen LogP contribution in [-0.2, 0) is 6.54 Å². The third-order valence-electron chi connectivity index (χ3n) is 1.31. The van der Waals surface area contributed by atoms with Crippen LogP contribution >= 0.6 is 0 Å². The lowest BCUT2D eigenvalue weighted by Crippen LogP contribution is -2.32. The monoisotopic (exact) mass is 198 g/mol. The van der Waals surface area contributed by atoms with Gasteiger partial charge < -0.3 is 5.11 Å². The first-order valence-corrected chi connectivity index (χ1v) is 3.29. The van der Waals surface area contributed by atoms with E-state index in [-0.39, 0.29) is 5.75 Å². The van der Waals surface area contributed by atoms with E-state index in [9.17, 15) is 17.6 Å². The van der Waals surface area contributed by atoms with Crippen LogP contribution in [0.15, 0.2) is 12.4 Å². The molecule has 13 heavy (non-hydrogen) atoms. The van der Waals surface area contributed by atoms with Crippen molar-refractivity contribution < 1.29 is 22.7 Å². The van der Waals surface area contributed by atoms with Gasteiger partial charge in [0.05, 0.1) is 12.4 Å². The summed E-state index contributed by atoms with van der Waals surface area (Å²) in [7, 11) is 0. The van der Waals surface area contributed by atoms with Crippen LogP contribution in [0.1, 0.15) is 0 Å². The Morgan fingerprint density at radius 1 is 1.54 bits per heavy atom. The number of nitrogens with zero attached hydrogens (tertiary/aromatic N) is 2. The highest BCUT2D eigenvalue weighted by atomic mass is 19.3. The van der Waals surface area contributed by atoms with Gasteiger partial charge in [0.1, 0.15) is 6.54 Å². The van der Waals surface area contributed by atoms with Crippen molar-refractivity contribution in [2.24, 2.45) is 0 Å². The molecule has 0 amide bonds. The average Bonchev–Trinajstić information content (AvgIpc) is 2.34. The molecule has 3 nitrogen and oxygen atoms in total. The highest BCUT2D eigenvalue weighted by Crippen LogP contribution is 2.24. The van der Waals surface area contributed by atoms with E-state index in [1.807, 2.05) is 0 Å². The molecule has 1 aromatic rings. The van der Waals surface area contributed by atoms with Gasteiger partial charge in [0.15, 0.2) is 5.75 Å². The van der Waals surface area contributed by atoms with E-state index in [0.29, 0.717) is 4.68 Å². The van der Waals surface area contributed by atoms with Gasteiger partial charge in [-0.15, -0.1) is 0 Å². The molecule has 74 valence electrons. The summed E-state index contributed by atoms with van der Waals surface area (Å²) < 4.78 is 48.6. The van der Waals surface area contributed by atoms with Crippen molar-refractivity contribution in [2.75, 3.05) is 0 Å². The number of hydrogen-bond acceptors (Lipinski definition) is 2. The van der Waals surface area contributed by atoms with E-state index >= 15 is 0 Å². The Bertz CT molecular complexity index is 286. The highest BCUT2D eigenvalue weighted by Gasteiger charge is 2.41. The SMILES string of the molecule is Oc1cnn(CC(F)(F)C(F)F)c1. The highest BCUT2D eigenvalue weighted by molar-refractivity contribution is 5.08. The van der Waals surface area contributed by atoms with Gasteiger partial charge in [0, 0.05) is 0 Å². The predicted octanol–water partition coefficient (Wildman–Crippen LogP) is 1.49. The van der Waals surface area contributed by atoms with Gasteiger partial charge in [0.2, 0.25) is 0 Å². The first-order chi connectivity index (χ1) is 5.92. The van der Waals surface area contributed by atoms with Gasteiger partial charge in [-0.25, -0.2) is 8.78 Å². The van der Waals surface area contributed by atoms with Crippen LogP contribution in [0.2, 0.25) is 0 Å². The second kappa shape index (κ2) is 3.23. The fourth-order valence-electron chi connectivity index (χ4n) is 0.724. The third-order valence-corrected chi connectivity index (χ3v) is 1.31. The summed E-state index contributed by atoms with van der Waals surface area (Å²) >= 11 is 0. The number of aromatic nitrogens is 2. The summed E-state index contributed by atoms with van der Waals surface area (Å²) in [6, 6.07) is 0. The van der Waals surface area contributed by atoms with Crippen molar-refractivity contribution in [2.45, 2.75) is 18.9 Å². The van der Waals surface area contributed by atoms with Crippen LogP contribution in [0.25, 0.3) is 0 Å². The molecule has 7 heteroatoms. The molecule has 1 heterocycles. The van der Waals surface area contributed by atoms with Crippen LogP contribution in [-0.4, -0.2) is 27.2 Å². The molecule has 0 radical (unpaired) electrons. The third kappa shape index (κ3) is 2.33. The minimum Gasteiger partial charge on any atom is -0.505 e. The maximum atomic E-state index is 12.3. The molecule has 1 N–H and O–H groups in total. The second-order valence-electron chi connectivity index (χ2n) is 2.46. The Balaban J connectivity index is 2.68. The largest absolute Gasteiger partial charge is 0.505 e. The lowest BCUT2D eigenvalue weighted by Gasteiger charge is -2.14. The Hall–Kier alpha value is -1.27. The number of rotatable bonds is 3. The van der Waals surface area contributed by atoms with Crippen LogP contribution in [0.4, 0.5) is 17.6 Å². The molecule has 0 aromatic carbocycles. The predicted molar refractivity (Wildman–Crippen MR) is 34.8 cm³/mol. The fraction of sp³-hybridized carbons (Fsp3) is 0.500. The van der Waals surface area contributed by atoms with Crippen LogP contribution < -0.4 is 0 Å². The van der Waals surface area contributed by atoms with E-state index in [2.05, 4.69) is 5.10 Å². The van der Waals surface area contributed by atoms with Crippen molar-refractivity contribution in [3.8, 4) is 5.75 Å². The van der Waals surface area contributed by atoms with Crippen LogP contribution in [0, 0.1) is 0 Å². The van der Waals surface area contributed by atoms with Crippen molar-refractivity contribution in [3.05, 3.63) is 12.4 Å². The Kier molecular flexibility index (Phi) is 2.44. The molecular weight excluding hydrogens is 192 g/mol. The normalized spacial score (nSPS) is 12.4. The fourth-order valence-corrected chi connectivity index (χ4v) is 0.724. The zero-order valence-corrected chi connectivity index (χ0v) is 6.29. The molecule has 0 saturated heterocycles. The zero-order chi connectivity index (χ0) is 10.1. The molecule has 0 aliphatic heterocycles. The van der Waals surface area contributed by atoms with Gasteiger partial charge in [-0.05, 0) is 0 Å². The lowest BCUT2D eigenvalue weighted by atomic mass is 10.3. The average molecular weight is 198 g/mol. The number of hydrogen-bond donors (Lipinski definition) is 1. The van der Waals surface area contributed by atoms with E-state index in [4.69, 9.17) is 5.11 Å². The Labute approximate surface area is 70.6 Å². The van der Waals surface area contributed by atoms with Crippen molar-refractivity contribution in [3.63, 3.8) is 0 Å². The molecule has 1 aromatic heterocycles. The number of alkyl halides is 4. The van der Waals surface area contributed by atoms with Crippen molar-refractivity contribution in [1.29, 1.82) is 0 Å². The van der Waals surface area contributed by atoms with Gasteiger partial charge in [0.25, 0.3) is 0 Å². The van der Waals surface area contributed by atoms with E-state index in [1.54, 1.807) is 0 Å². The number of halogens is 4. The molecule has 0 saturated carbocycles. The van der Waals surface area contributed by atoms with Crippen LogP contribution in [0.3, 0.4) is 0 Å². The molecule has 0 unspecified atom stereocenters. The summed E-state index contributed by atoms with van der Waals surface area (Å²) in [5, 5.41) is 11.9. The molecule has 0 aliphatic carbocycles. The summed E-state index contributed by atoms with van der Waals surface area (Å²) in [5.74, 6) is -4.47. The first-order valence-electron chi connectivity index (χ1n) is 3.29. The molecule has 0 fully saturated rings. The molecule has 0 atom stereocenters. The standard InChI is InChI=1S/C6H6F4N2O/c7-5(8)6(9,10)3-12-2-4(13)1-11-12/h1-2,5,13H,3H2.